The van der Waals surface area contributed by atoms with Crippen LogP contribution < -0.4 is 5.32 Å². The van der Waals surface area contributed by atoms with Gasteiger partial charge in [0.05, 0.1) is 11.4 Å². The number of halogens is 1. The van der Waals surface area contributed by atoms with Crippen LogP contribution in [0.1, 0.15) is 11.3 Å². The van der Waals surface area contributed by atoms with E-state index in [0.717, 1.165) is 22.0 Å². The molecule has 0 aliphatic carbocycles. The van der Waals surface area contributed by atoms with Gasteiger partial charge >= 0.3 is 0 Å². The SMILES string of the molecule is Cc1ncccc1NCc1ccccc1Cl. The second kappa shape index (κ2) is 4.99. The first kappa shape index (κ1) is 11.0. The number of aryl methyl sites for hydroxylation is 1. The number of aromatic nitrogens is 1. The van der Waals surface area contributed by atoms with Crippen molar-refractivity contribution in [2.75, 3.05) is 5.32 Å². The summed E-state index contributed by atoms with van der Waals surface area (Å²) in [5.74, 6) is 0. The molecular formula is C13H13ClN2. The monoisotopic (exact) mass is 232 g/mol. The number of pyridine rings is 1. The zero-order valence-electron chi connectivity index (χ0n) is 9.07. The lowest BCUT2D eigenvalue weighted by molar-refractivity contribution is 1.11. The highest BCUT2D eigenvalue weighted by Crippen LogP contribution is 2.17. The van der Waals surface area contributed by atoms with Gasteiger partial charge in [0.25, 0.3) is 0 Å². The molecule has 2 nitrogen and oxygen atoms in total. The summed E-state index contributed by atoms with van der Waals surface area (Å²) in [5, 5.41) is 4.11. The van der Waals surface area contributed by atoms with Crippen molar-refractivity contribution in [3.8, 4) is 0 Å². The number of nitrogens with one attached hydrogen (secondary N) is 1. The van der Waals surface area contributed by atoms with E-state index in [2.05, 4.69) is 10.3 Å². The Kier molecular flexibility index (Phi) is 3.42. The van der Waals surface area contributed by atoms with Gasteiger partial charge in [0, 0.05) is 17.8 Å². The highest BCUT2D eigenvalue weighted by Gasteiger charge is 2.00. The largest absolute Gasteiger partial charge is 0.379 e. The maximum absolute atomic E-state index is 6.07. The summed E-state index contributed by atoms with van der Waals surface area (Å²) < 4.78 is 0. The molecule has 0 amide bonds. The first-order chi connectivity index (χ1) is 7.77. The molecule has 1 aromatic heterocycles. The molecule has 0 unspecified atom stereocenters. The van der Waals surface area contributed by atoms with Gasteiger partial charge in [-0.15, -0.1) is 0 Å². The lowest BCUT2D eigenvalue weighted by Gasteiger charge is -2.09. The summed E-state index contributed by atoms with van der Waals surface area (Å²) in [6, 6.07) is 11.8. The molecule has 0 atom stereocenters. The second-order valence-electron chi connectivity index (χ2n) is 3.58. The third-order valence-electron chi connectivity index (χ3n) is 2.43. The van der Waals surface area contributed by atoms with Gasteiger partial charge < -0.3 is 5.32 Å². The average molecular weight is 233 g/mol. The Labute approximate surface area is 100 Å². The molecular weight excluding hydrogens is 220 g/mol. The van der Waals surface area contributed by atoms with Gasteiger partial charge in [-0.1, -0.05) is 29.8 Å². The van der Waals surface area contributed by atoms with E-state index in [-0.39, 0.29) is 0 Å². The van der Waals surface area contributed by atoms with E-state index >= 15 is 0 Å². The predicted molar refractivity (Wildman–Crippen MR) is 67.8 cm³/mol. The number of rotatable bonds is 3. The third kappa shape index (κ3) is 2.52. The number of hydrogen-bond donors (Lipinski definition) is 1. The van der Waals surface area contributed by atoms with Gasteiger partial charge in [0.1, 0.15) is 0 Å². The molecule has 1 aromatic carbocycles. The van der Waals surface area contributed by atoms with Crippen LogP contribution >= 0.6 is 11.6 Å². The molecule has 0 radical (unpaired) electrons. The molecule has 1 N–H and O–H groups in total. The molecule has 3 heteroatoms. The van der Waals surface area contributed by atoms with Crippen molar-refractivity contribution < 1.29 is 0 Å². The van der Waals surface area contributed by atoms with Crippen molar-refractivity contribution in [1.82, 2.24) is 4.98 Å². The summed E-state index contributed by atoms with van der Waals surface area (Å²) in [4.78, 5) is 4.22. The summed E-state index contributed by atoms with van der Waals surface area (Å²) >= 11 is 6.07. The fraction of sp³-hybridized carbons (Fsp3) is 0.154. The van der Waals surface area contributed by atoms with E-state index in [1.807, 2.05) is 43.3 Å². The molecule has 16 heavy (non-hydrogen) atoms. The van der Waals surface area contributed by atoms with Crippen LogP contribution in [0.4, 0.5) is 5.69 Å². The van der Waals surface area contributed by atoms with Crippen LogP contribution in [0.15, 0.2) is 42.6 Å². The maximum Gasteiger partial charge on any atom is 0.0603 e. The van der Waals surface area contributed by atoms with Crippen LogP contribution in [0, 0.1) is 6.92 Å². The minimum Gasteiger partial charge on any atom is -0.379 e. The lowest BCUT2D eigenvalue weighted by atomic mass is 10.2. The lowest BCUT2D eigenvalue weighted by Crippen LogP contribution is -2.02. The number of nitrogens with zero attached hydrogens (tertiary/aromatic N) is 1. The Morgan fingerprint density at radius 2 is 2.00 bits per heavy atom. The van der Waals surface area contributed by atoms with Gasteiger partial charge in [-0.25, -0.2) is 0 Å². The highest BCUT2D eigenvalue weighted by molar-refractivity contribution is 6.31. The Hall–Kier alpha value is -1.54. The van der Waals surface area contributed by atoms with Crippen molar-refractivity contribution in [3.63, 3.8) is 0 Å². The molecule has 0 aliphatic heterocycles. The third-order valence-corrected chi connectivity index (χ3v) is 2.80. The predicted octanol–water partition coefficient (Wildman–Crippen LogP) is 3.66. The Morgan fingerprint density at radius 3 is 2.75 bits per heavy atom. The molecule has 0 saturated heterocycles. The van der Waals surface area contributed by atoms with Crippen molar-refractivity contribution in [3.05, 3.63) is 58.9 Å². The van der Waals surface area contributed by atoms with Gasteiger partial charge in [-0.3, -0.25) is 4.98 Å². The molecule has 0 aliphatic rings. The molecule has 0 spiro atoms. The van der Waals surface area contributed by atoms with Crippen LogP contribution in [0.5, 0.6) is 0 Å². The fourth-order valence-corrected chi connectivity index (χ4v) is 1.71. The summed E-state index contributed by atoms with van der Waals surface area (Å²) in [6.45, 7) is 2.70. The average Bonchev–Trinajstić information content (AvgIpc) is 2.30. The molecule has 0 fully saturated rings. The van der Waals surface area contributed by atoms with E-state index in [0.29, 0.717) is 6.54 Å². The first-order valence-electron chi connectivity index (χ1n) is 5.16. The summed E-state index contributed by atoms with van der Waals surface area (Å²) in [7, 11) is 0. The zero-order valence-corrected chi connectivity index (χ0v) is 9.83. The van der Waals surface area contributed by atoms with Crippen molar-refractivity contribution in [2.45, 2.75) is 13.5 Å². The minimum atomic E-state index is 0.714. The molecule has 82 valence electrons. The first-order valence-corrected chi connectivity index (χ1v) is 5.54. The maximum atomic E-state index is 6.07. The highest BCUT2D eigenvalue weighted by atomic mass is 35.5. The van der Waals surface area contributed by atoms with Crippen LogP contribution in [-0.4, -0.2) is 4.98 Å². The Balaban J connectivity index is 2.09. The van der Waals surface area contributed by atoms with Gasteiger partial charge in [0.2, 0.25) is 0 Å². The van der Waals surface area contributed by atoms with E-state index in [1.165, 1.54) is 0 Å². The molecule has 0 saturated carbocycles. The van der Waals surface area contributed by atoms with E-state index in [9.17, 15) is 0 Å². The van der Waals surface area contributed by atoms with E-state index in [4.69, 9.17) is 11.6 Å². The zero-order chi connectivity index (χ0) is 11.4. The molecule has 2 rings (SSSR count). The normalized spacial score (nSPS) is 10.1. The smallest absolute Gasteiger partial charge is 0.0603 e. The topological polar surface area (TPSA) is 24.9 Å². The van der Waals surface area contributed by atoms with Crippen molar-refractivity contribution in [2.24, 2.45) is 0 Å². The van der Waals surface area contributed by atoms with Gasteiger partial charge in [-0.2, -0.15) is 0 Å². The number of hydrogen-bond acceptors (Lipinski definition) is 2. The fourth-order valence-electron chi connectivity index (χ4n) is 1.50. The van der Waals surface area contributed by atoms with Crippen LogP contribution in [0.25, 0.3) is 0 Å². The van der Waals surface area contributed by atoms with Crippen molar-refractivity contribution in [1.29, 1.82) is 0 Å². The molecule has 1 heterocycles. The number of benzene rings is 1. The molecule has 2 aromatic rings. The molecule has 0 bridgehead atoms. The van der Waals surface area contributed by atoms with Crippen LogP contribution in [0.3, 0.4) is 0 Å². The van der Waals surface area contributed by atoms with Crippen molar-refractivity contribution >= 4 is 17.3 Å². The summed E-state index contributed by atoms with van der Waals surface area (Å²) in [5.41, 5.74) is 3.13. The van der Waals surface area contributed by atoms with Crippen LogP contribution in [0.2, 0.25) is 5.02 Å². The van der Waals surface area contributed by atoms with Gasteiger partial charge in [-0.05, 0) is 30.7 Å². The summed E-state index contributed by atoms with van der Waals surface area (Å²) in [6.07, 6.45) is 1.79. The Bertz CT molecular complexity index is 437. The minimum absolute atomic E-state index is 0.714. The standard InChI is InChI=1S/C13H13ClN2/c1-10-13(7-4-8-15-10)16-9-11-5-2-3-6-12(11)14/h2-8,16H,9H2,1H3. The van der Waals surface area contributed by atoms with E-state index in [1.54, 1.807) is 6.20 Å². The van der Waals surface area contributed by atoms with Crippen LogP contribution in [-0.2, 0) is 6.54 Å². The quantitative estimate of drug-likeness (QED) is 0.874. The van der Waals surface area contributed by atoms with Gasteiger partial charge in [0.15, 0.2) is 0 Å². The second-order valence-corrected chi connectivity index (χ2v) is 3.99. The number of anilines is 1. The van der Waals surface area contributed by atoms with E-state index < -0.39 is 0 Å². The Morgan fingerprint density at radius 1 is 1.19 bits per heavy atom.